The number of nitro groups is 1. The van der Waals surface area contributed by atoms with Crippen LogP contribution in [0.4, 0.5) is 11.4 Å². The van der Waals surface area contributed by atoms with Gasteiger partial charge in [0.1, 0.15) is 11.6 Å². The fourth-order valence-corrected chi connectivity index (χ4v) is 2.60. The highest BCUT2D eigenvalue weighted by molar-refractivity contribution is 5.60. The largest absolute Gasteiger partial charge is 0.381 e. The number of nitriles is 1. The Morgan fingerprint density at radius 1 is 1.32 bits per heavy atom. The summed E-state index contributed by atoms with van der Waals surface area (Å²) in [7, 11) is 0. The summed E-state index contributed by atoms with van der Waals surface area (Å²) in [5, 5.41) is 23.1. The van der Waals surface area contributed by atoms with Gasteiger partial charge < -0.3 is 5.32 Å². The number of nitro benzene ring substituents is 1. The lowest BCUT2D eigenvalue weighted by Crippen LogP contribution is -2.10. The molecule has 0 aliphatic heterocycles. The van der Waals surface area contributed by atoms with Gasteiger partial charge in [-0.3, -0.25) is 10.1 Å². The molecule has 5 nitrogen and oxygen atoms in total. The molecule has 0 amide bonds. The summed E-state index contributed by atoms with van der Waals surface area (Å²) in [5.74, 6) is 0. The van der Waals surface area contributed by atoms with Gasteiger partial charge in [0, 0.05) is 17.8 Å². The van der Waals surface area contributed by atoms with Crippen molar-refractivity contribution in [1.82, 2.24) is 0 Å². The first-order valence-corrected chi connectivity index (χ1v) is 6.17. The SMILES string of the molecule is CC1(C)C(Nc2ccc([N+](=O)[O-])c(C#N)c2)C1(C)C. The van der Waals surface area contributed by atoms with Crippen LogP contribution in [0.2, 0.25) is 0 Å². The lowest BCUT2D eigenvalue weighted by molar-refractivity contribution is -0.385. The van der Waals surface area contributed by atoms with E-state index >= 15 is 0 Å². The molecule has 100 valence electrons. The Balaban J connectivity index is 2.25. The minimum absolute atomic E-state index is 0.0891. The maximum absolute atomic E-state index is 10.8. The first kappa shape index (κ1) is 13.3. The molecular formula is C14H17N3O2. The van der Waals surface area contributed by atoms with Crippen LogP contribution >= 0.6 is 0 Å². The van der Waals surface area contributed by atoms with Gasteiger partial charge >= 0.3 is 0 Å². The highest BCUT2D eigenvalue weighted by atomic mass is 16.6. The lowest BCUT2D eigenvalue weighted by atomic mass is 10.0. The molecule has 2 rings (SSSR count). The summed E-state index contributed by atoms with van der Waals surface area (Å²) in [6.07, 6.45) is 0. The van der Waals surface area contributed by atoms with Gasteiger partial charge in [0.05, 0.1) is 4.92 Å². The average molecular weight is 259 g/mol. The van der Waals surface area contributed by atoms with Crippen molar-refractivity contribution in [1.29, 1.82) is 5.26 Å². The van der Waals surface area contributed by atoms with Crippen LogP contribution in [0.15, 0.2) is 18.2 Å². The number of benzene rings is 1. The van der Waals surface area contributed by atoms with E-state index in [0.29, 0.717) is 6.04 Å². The second-order valence-corrected chi connectivity index (χ2v) is 6.12. The smallest absolute Gasteiger partial charge is 0.287 e. The monoisotopic (exact) mass is 259 g/mol. The predicted molar refractivity (Wildman–Crippen MR) is 72.8 cm³/mol. The maximum atomic E-state index is 10.8. The zero-order valence-corrected chi connectivity index (χ0v) is 11.5. The minimum atomic E-state index is -0.534. The van der Waals surface area contributed by atoms with E-state index in [4.69, 9.17) is 5.26 Å². The molecule has 1 saturated carbocycles. The molecule has 1 aromatic carbocycles. The zero-order valence-electron chi connectivity index (χ0n) is 11.5. The Bertz CT molecular complexity index is 571. The van der Waals surface area contributed by atoms with Crippen LogP contribution in [0.25, 0.3) is 0 Å². The molecule has 0 radical (unpaired) electrons. The molecule has 0 heterocycles. The van der Waals surface area contributed by atoms with Crippen molar-refractivity contribution < 1.29 is 4.92 Å². The van der Waals surface area contributed by atoms with Crippen LogP contribution in [0, 0.1) is 32.3 Å². The first-order valence-electron chi connectivity index (χ1n) is 6.17. The normalized spacial score (nSPS) is 19.5. The third kappa shape index (κ3) is 1.93. The summed E-state index contributed by atoms with van der Waals surface area (Å²) in [5.41, 5.74) is 1.03. The van der Waals surface area contributed by atoms with Crippen molar-refractivity contribution in [2.45, 2.75) is 33.7 Å². The molecular weight excluding hydrogens is 242 g/mol. The molecule has 0 atom stereocenters. The number of nitrogens with one attached hydrogen (secondary N) is 1. The fourth-order valence-electron chi connectivity index (χ4n) is 2.60. The van der Waals surface area contributed by atoms with Crippen molar-refractivity contribution in [3.63, 3.8) is 0 Å². The third-order valence-corrected chi connectivity index (χ3v) is 4.65. The molecule has 1 aliphatic carbocycles. The van der Waals surface area contributed by atoms with Crippen molar-refractivity contribution in [2.24, 2.45) is 10.8 Å². The van der Waals surface area contributed by atoms with Crippen LogP contribution in [0.1, 0.15) is 33.3 Å². The topological polar surface area (TPSA) is 79.0 Å². The molecule has 0 unspecified atom stereocenters. The Morgan fingerprint density at radius 2 is 1.89 bits per heavy atom. The van der Waals surface area contributed by atoms with Crippen LogP contribution in [-0.2, 0) is 0 Å². The van der Waals surface area contributed by atoms with Crippen LogP contribution in [0.5, 0.6) is 0 Å². The summed E-state index contributed by atoms with van der Waals surface area (Å²) >= 11 is 0. The van der Waals surface area contributed by atoms with E-state index in [9.17, 15) is 10.1 Å². The number of nitrogens with zero attached hydrogens (tertiary/aromatic N) is 2. The van der Waals surface area contributed by atoms with E-state index in [1.807, 2.05) is 6.07 Å². The Kier molecular flexibility index (Phi) is 2.78. The van der Waals surface area contributed by atoms with Gasteiger partial charge in [-0.1, -0.05) is 27.7 Å². The van der Waals surface area contributed by atoms with E-state index in [1.54, 1.807) is 12.1 Å². The van der Waals surface area contributed by atoms with Crippen LogP contribution in [0.3, 0.4) is 0 Å². The van der Waals surface area contributed by atoms with Gasteiger partial charge in [0.15, 0.2) is 0 Å². The van der Waals surface area contributed by atoms with Crippen molar-refractivity contribution in [2.75, 3.05) is 5.32 Å². The van der Waals surface area contributed by atoms with Crippen molar-refractivity contribution in [3.8, 4) is 6.07 Å². The van der Waals surface area contributed by atoms with E-state index in [-0.39, 0.29) is 22.1 Å². The molecule has 1 N–H and O–H groups in total. The van der Waals surface area contributed by atoms with Crippen LogP contribution < -0.4 is 5.32 Å². The highest BCUT2D eigenvalue weighted by Gasteiger charge is 2.64. The quantitative estimate of drug-likeness (QED) is 0.667. The number of anilines is 1. The fraction of sp³-hybridized carbons (Fsp3) is 0.500. The number of rotatable bonds is 3. The average Bonchev–Trinajstić information content (AvgIpc) is 2.71. The summed E-state index contributed by atoms with van der Waals surface area (Å²) in [6, 6.07) is 6.75. The summed E-state index contributed by atoms with van der Waals surface area (Å²) in [6.45, 7) is 8.73. The van der Waals surface area contributed by atoms with Gasteiger partial charge in [-0.15, -0.1) is 0 Å². The second kappa shape index (κ2) is 3.95. The number of hydrogen-bond acceptors (Lipinski definition) is 4. The van der Waals surface area contributed by atoms with Gasteiger partial charge in [0.25, 0.3) is 5.69 Å². The molecule has 1 aromatic rings. The standard InChI is InChI=1S/C14H17N3O2/c1-13(2)12(14(13,3)4)16-10-5-6-11(17(18)19)9(7-10)8-15/h5-7,12,16H,1-4H3. The summed E-state index contributed by atoms with van der Waals surface area (Å²) in [4.78, 5) is 10.2. The van der Waals surface area contributed by atoms with Crippen LogP contribution in [-0.4, -0.2) is 11.0 Å². The Morgan fingerprint density at radius 3 is 2.32 bits per heavy atom. The summed E-state index contributed by atoms with van der Waals surface area (Å²) < 4.78 is 0. The van der Waals surface area contributed by atoms with Gasteiger partial charge in [-0.25, -0.2) is 0 Å². The van der Waals surface area contributed by atoms with Crippen molar-refractivity contribution >= 4 is 11.4 Å². The molecule has 0 saturated heterocycles. The van der Waals surface area contributed by atoms with Crippen molar-refractivity contribution in [3.05, 3.63) is 33.9 Å². The highest BCUT2D eigenvalue weighted by Crippen LogP contribution is 2.63. The van der Waals surface area contributed by atoms with Gasteiger partial charge in [-0.05, 0) is 23.0 Å². The lowest BCUT2D eigenvalue weighted by Gasteiger charge is -2.08. The number of hydrogen-bond donors (Lipinski definition) is 1. The zero-order chi connectivity index (χ0) is 14.4. The minimum Gasteiger partial charge on any atom is -0.381 e. The predicted octanol–water partition coefficient (Wildman–Crippen LogP) is 3.31. The molecule has 19 heavy (non-hydrogen) atoms. The maximum Gasteiger partial charge on any atom is 0.287 e. The van der Waals surface area contributed by atoms with E-state index < -0.39 is 4.92 Å². The molecule has 0 spiro atoms. The van der Waals surface area contributed by atoms with E-state index in [0.717, 1.165) is 5.69 Å². The molecule has 1 fully saturated rings. The molecule has 1 aliphatic rings. The first-order chi connectivity index (χ1) is 8.71. The molecule has 5 heteroatoms. The third-order valence-electron chi connectivity index (χ3n) is 4.65. The second-order valence-electron chi connectivity index (χ2n) is 6.12. The van der Waals surface area contributed by atoms with E-state index in [1.165, 1.54) is 6.07 Å². The molecule has 0 bridgehead atoms. The Labute approximate surface area is 112 Å². The van der Waals surface area contributed by atoms with Gasteiger partial charge in [-0.2, -0.15) is 5.26 Å². The van der Waals surface area contributed by atoms with Gasteiger partial charge in [0.2, 0.25) is 0 Å². The van der Waals surface area contributed by atoms with E-state index in [2.05, 4.69) is 33.0 Å². The molecule has 0 aromatic heterocycles. The Hall–Kier alpha value is -2.09.